The maximum absolute atomic E-state index is 14.6. The van der Waals surface area contributed by atoms with Gasteiger partial charge in [-0.05, 0) is 73.2 Å². The molecule has 0 saturated carbocycles. The van der Waals surface area contributed by atoms with Crippen molar-refractivity contribution in [3.8, 4) is 0 Å². The van der Waals surface area contributed by atoms with E-state index in [-0.39, 0.29) is 24.1 Å². The van der Waals surface area contributed by atoms with Crippen molar-refractivity contribution in [3.63, 3.8) is 0 Å². The molecule has 264 valence electrons. The van der Waals surface area contributed by atoms with Gasteiger partial charge in [0.15, 0.2) is 0 Å². The lowest BCUT2D eigenvalue weighted by molar-refractivity contribution is -0.146. The topological polar surface area (TPSA) is 73.0 Å². The number of rotatable bonds is 11. The van der Waals surface area contributed by atoms with Gasteiger partial charge in [-0.1, -0.05) is 121 Å². The highest BCUT2D eigenvalue weighted by Gasteiger charge is 2.45. The molecule has 0 radical (unpaired) electrons. The summed E-state index contributed by atoms with van der Waals surface area (Å²) in [5.41, 5.74) is 3.69. The third kappa shape index (κ3) is 7.64. The fourth-order valence-electron chi connectivity index (χ4n) is 8.78. The average Bonchev–Trinajstić information content (AvgIpc) is 3.89. The number of nitrogens with one attached hydrogen (secondary N) is 1. The van der Waals surface area contributed by atoms with Gasteiger partial charge in [-0.15, -0.1) is 0 Å². The molecule has 3 atom stereocenters. The van der Waals surface area contributed by atoms with E-state index < -0.39 is 17.5 Å². The third-order valence-corrected chi connectivity index (χ3v) is 11.3. The minimum Gasteiger partial charge on any atom is -0.354 e. The molecule has 3 aliphatic rings. The van der Waals surface area contributed by atoms with E-state index in [1.54, 1.807) is 4.90 Å². The number of carbonyl (C=O) groups is 3. The molecule has 7 rings (SSSR count). The Bertz CT molecular complexity index is 1650. The van der Waals surface area contributed by atoms with Gasteiger partial charge in [-0.3, -0.25) is 19.3 Å². The monoisotopic (exact) mass is 682 g/mol. The van der Waals surface area contributed by atoms with E-state index in [1.165, 1.54) is 5.56 Å². The van der Waals surface area contributed by atoms with Crippen LogP contribution in [0.25, 0.3) is 0 Å². The van der Waals surface area contributed by atoms with E-state index in [9.17, 15) is 14.4 Å². The van der Waals surface area contributed by atoms with Crippen molar-refractivity contribution in [1.82, 2.24) is 20.0 Å². The van der Waals surface area contributed by atoms with Crippen LogP contribution in [0.4, 0.5) is 0 Å². The molecule has 3 saturated heterocycles. The standard InChI is InChI=1S/C44H50N4O3/c49-41(30-44(36-19-7-2-8-20-36,37-21-9-3-10-22-37)38-23-11-4-12-24-38)47-28-15-26-40(47)43(51)48-29-14-25-39(48)42(50)45-31-35-18-13-27-46(33-35)32-34-16-5-1-6-17-34/h1-12,16-17,19-24,35,39-40H,13-15,18,25-33H2,(H,45,50)/t35?,39?,40-/m0/s1. The van der Waals surface area contributed by atoms with Gasteiger partial charge in [0.05, 0.1) is 5.41 Å². The molecule has 0 bridgehead atoms. The maximum atomic E-state index is 14.6. The number of likely N-dealkylation sites (tertiary alicyclic amines) is 3. The summed E-state index contributed by atoms with van der Waals surface area (Å²) in [5, 5.41) is 3.23. The highest BCUT2D eigenvalue weighted by molar-refractivity contribution is 5.93. The van der Waals surface area contributed by atoms with Crippen LogP contribution in [-0.4, -0.2) is 77.2 Å². The van der Waals surface area contributed by atoms with Crippen molar-refractivity contribution in [2.75, 3.05) is 32.7 Å². The van der Waals surface area contributed by atoms with E-state index in [2.05, 4.69) is 70.9 Å². The van der Waals surface area contributed by atoms with E-state index in [0.29, 0.717) is 38.4 Å². The van der Waals surface area contributed by atoms with Gasteiger partial charge < -0.3 is 15.1 Å². The summed E-state index contributed by atoms with van der Waals surface area (Å²) in [5.74, 6) is 0.196. The van der Waals surface area contributed by atoms with Crippen LogP contribution in [0.1, 0.15) is 67.2 Å². The highest BCUT2D eigenvalue weighted by Crippen LogP contribution is 2.43. The Labute approximate surface area is 302 Å². The van der Waals surface area contributed by atoms with Gasteiger partial charge in [-0.2, -0.15) is 0 Å². The highest BCUT2D eigenvalue weighted by atomic mass is 16.2. The summed E-state index contributed by atoms with van der Waals surface area (Å²) in [6.45, 7) is 4.66. The van der Waals surface area contributed by atoms with E-state index in [4.69, 9.17) is 0 Å². The molecule has 3 heterocycles. The molecule has 2 unspecified atom stereocenters. The van der Waals surface area contributed by atoms with E-state index in [1.807, 2.05) is 65.6 Å². The van der Waals surface area contributed by atoms with Gasteiger partial charge in [0, 0.05) is 39.1 Å². The SMILES string of the molecule is O=C(NCC1CCCN(Cc2ccccc2)C1)C1CCCN1C(=O)[C@@H]1CCCN1C(=O)CC(c1ccccc1)(c1ccccc1)c1ccccc1. The van der Waals surface area contributed by atoms with Gasteiger partial charge in [0.1, 0.15) is 12.1 Å². The smallest absolute Gasteiger partial charge is 0.246 e. The number of nitrogens with zero attached hydrogens (tertiary/aromatic N) is 3. The summed E-state index contributed by atoms with van der Waals surface area (Å²) in [7, 11) is 0. The molecule has 0 aromatic heterocycles. The number of hydrogen-bond donors (Lipinski definition) is 1. The van der Waals surface area contributed by atoms with Crippen molar-refractivity contribution in [3.05, 3.63) is 144 Å². The molecule has 1 N–H and O–H groups in total. The Morgan fingerprint density at radius 1 is 0.608 bits per heavy atom. The lowest BCUT2D eigenvalue weighted by Crippen LogP contribution is -2.54. The van der Waals surface area contributed by atoms with Crippen molar-refractivity contribution in [2.45, 2.75) is 69.0 Å². The fraction of sp³-hybridized carbons (Fsp3) is 0.386. The molecular formula is C44H50N4O3. The van der Waals surface area contributed by atoms with Crippen molar-refractivity contribution in [1.29, 1.82) is 0 Å². The summed E-state index contributed by atoms with van der Waals surface area (Å²) >= 11 is 0. The first kappa shape index (κ1) is 34.7. The summed E-state index contributed by atoms with van der Waals surface area (Å²) in [4.78, 5) is 48.7. The average molecular weight is 683 g/mol. The Kier molecular flexibility index (Phi) is 10.9. The number of amides is 3. The molecule has 7 heteroatoms. The number of carbonyl (C=O) groups excluding carboxylic acids is 3. The Morgan fingerprint density at radius 3 is 1.71 bits per heavy atom. The fourth-order valence-corrected chi connectivity index (χ4v) is 8.78. The Balaban J connectivity index is 1.04. The second kappa shape index (κ2) is 16.1. The van der Waals surface area contributed by atoms with Crippen LogP contribution in [0.2, 0.25) is 0 Å². The lowest BCUT2D eigenvalue weighted by Gasteiger charge is -2.38. The van der Waals surface area contributed by atoms with Crippen molar-refractivity contribution in [2.24, 2.45) is 5.92 Å². The third-order valence-electron chi connectivity index (χ3n) is 11.3. The van der Waals surface area contributed by atoms with Crippen molar-refractivity contribution < 1.29 is 14.4 Å². The van der Waals surface area contributed by atoms with Crippen LogP contribution in [0.15, 0.2) is 121 Å². The van der Waals surface area contributed by atoms with Crippen LogP contribution < -0.4 is 5.32 Å². The first-order valence-corrected chi connectivity index (χ1v) is 18.8. The lowest BCUT2D eigenvalue weighted by atomic mass is 9.67. The van der Waals surface area contributed by atoms with E-state index in [0.717, 1.165) is 62.0 Å². The molecule has 0 aliphatic carbocycles. The minimum absolute atomic E-state index is 0.0417. The first-order valence-electron chi connectivity index (χ1n) is 18.8. The molecule has 3 aliphatic heterocycles. The molecular weight excluding hydrogens is 633 g/mol. The molecule has 4 aromatic carbocycles. The summed E-state index contributed by atoms with van der Waals surface area (Å²) in [6.07, 6.45) is 5.23. The second-order valence-electron chi connectivity index (χ2n) is 14.6. The molecule has 3 fully saturated rings. The van der Waals surface area contributed by atoms with E-state index >= 15 is 0 Å². The van der Waals surface area contributed by atoms with Crippen LogP contribution in [0, 0.1) is 5.92 Å². The largest absolute Gasteiger partial charge is 0.354 e. The van der Waals surface area contributed by atoms with Gasteiger partial charge in [0.2, 0.25) is 17.7 Å². The molecule has 0 spiro atoms. The van der Waals surface area contributed by atoms with Crippen LogP contribution in [0.3, 0.4) is 0 Å². The Hall–Kier alpha value is -4.75. The zero-order chi connectivity index (χ0) is 35.0. The predicted octanol–water partition coefficient (Wildman–Crippen LogP) is 6.42. The summed E-state index contributed by atoms with van der Waals surface area (Å²) in [6, 6.07) is 40.2. The van der Waals surface area contributed by atoms with Crippen LogP contribution in [0.5, 0.6) is 0 Å². The zero-order valence-corrected chi connectivity index (χ0v) is 29.5. The van der Waals surface area contributed by atoms with Gasteiger partial charge in [0.25, 0.3) is 0 Å². The number of benzene rings is 4. The molecule has 3 amide bonds. The first-order chi connectivity index (χ1) is 25.0. The normalized spacial score (nSPS) is 21.1. The molecule has 7 nitrogen and oxygen atoms in total. The summed E-state index contributed by atoms with van der Waals surface area (Å²) < 4.78 is 0. The molecule has 4 aromatic rings. The second-order valence-corrected chi connectivity index (χ2v) is 14.6. The van der Waals surface area contributed by atoms with Crippen LogP contribution in [-0.2, 0) is 26.3 Å². The number of piperidine rings is 1. The minimum atomic E-state index is -0.733. The zero-order valence-electron chi connectivity index (χ0n) is 29.5. The van der Waals surface area contributed by atoms with Gasteiger partial charge in [-0.25, -0.2) is 0 Å². The van der Waals surface area contributed by atoms with Crippen LogP contribution >= 0.6 is 0 Å². The van der Waals surface area contributed by atoms with Gasteiger partial charge >= 0.3 is 0 Å². The molecule has 51 heavy (non-hydrogen) atoms. The maximum Gasteiger partial charge on any atom is 0.246 e. The predicted molar refractivity (Wildman–Crippen MR) is 201 cm³/mol. The quantitative estimate of drug-likeness (QED) is 0.186. The van der Waals surface area contributed by atoms with Crippen molar-refractivity contribution >= 4 is 17.7 Å². The Morgan fingerprint density at radius 2 is 1.12 bits per heavy atom. The number of hydrogen-bond acceptors (Lipinski definition) is 4.